The standard InChI is InChI=1S/C25H27N3O2S/c29-23(22-18-5-1-3-7-20(18)30-21-8-4-2-6-19(21)22)27-28-24(31)26-25-12-15-9-16(13-25)11-17(10-15)14-25/h1-8,15-17,22H,9-14H2,(H,27,29)(H2,26,28,31). The molecule has 0 atom stereocenters. The van der Waals surface area contributed by atoms with Gasteiger partial charge in [0.25, 0.3) is 5.91 Å². The highest BCUT2D eigenvalue weighted by atomic mass is 32.1. The summed E-state index contributed by atoms with van der Waals surface area (Å²) in [6, 6.07) is 15.4. The minimum atomic E-state index is -0.448. The molecule has 1 amide bonds. The first-order chi connectivity index (χ1) is 15.1. The van der Waals surface area contributed by atoms with Gasteiger partial charge in [0.15, 0.2) is 5.11 Å². The van der Waals surface area contributed by atoms with Crippen LogP contribution >= 0.6 is 12.2 Å². The Labute approximate surface area is 187 Å². The molecule has 4 fully saturated rings. The van der Waals surface area contributed by atoms with Crippen LogP contribution in [0.1, 0.15) is 55.6 Å². The number of hydrogen-bond acceptors (Lipinski definition) is 3. The van der Waals surface area contributed by atoms with Gasteiger partial charge in [-0.2, -0.15) is 0 Å². The molecular formula is C25H27N3O2S. The highest BCUT2D eigenvalue weighted by molar-refractivity contribution is 7.80. The third-order valence-corrected chi connectivity index (χ3v) is 7.86. The Morgan fingerprint density at radius 1 is 0.839 bits per heavy atom. The zero-order valence-electron chi connectivity index (χ0n) is 17.4. The summed E-state index contributed by atoms with van der Waals surface area (Å²) in [6.07, 6.45) is 7.78. The summed E-state index contributed by atoms with van der Waals surface area (Å²) in [5.74, 6) is 3.37. The van der Waals surface area contributed by atoms with E-state index in [1.165, 1.54) is 38.5 Å². The minimum Gasteiger partial charge on any atom is -0.457 e. The van der Waals surface area contributed by atoms with Gasteiger partial charge in [-0.05, 0) is 80.6 Å². The maximum atomic E-state index is 13.3. The molecule has 0 aromatic heterocycles. The van der Waals surface area contributed by atoms with Gasteiger partial charge in [-0.25, -0.2) is 0 Å². The van der Waals surface area contributed by atoms with Gasteiger partial charge in [0, 0.05) is 16.7 Å². The first kappa shape index (κ1) is 19.1. The Balaban J connectivity index is 1.16. The molecule has 7 rings (SSSR count). The fraction of sp³-hybridized carbons (Fsp3) is 0.440. The first-order valence-corrected chi connectivity index (χ1v) is 11.7. The van der Waals surface area contributed by atoms with Crippen LogP contribution in [0.15, 0.2) is 48.5 Å². The number of fused-ring (bicyclic) bond motifs is 2. The van der Waals surface area contributed by atoms with Crippen molar-refractivity contribution in [2.75, 3.05) is 0 Å². The maximum absolute atomic E-state index is 13.3. The molecule has 0 unspecified atom stereocenters. The number of hydrogen-bond donors (Lipinski definition) is 3. The van der Waals surface area contributed by atoms with E-state index in [2.05, 4.69) is 16.2 Å². The molecule has 2 aromatic carbocycles. The van der Waals surface area contributed by atoms with Gasteiger partial charge < -0.3 is 10.1 Å². The van der Waals surface area contributed by atoms with Crippen molar-refractivity contribution >= 4 is 23.2 Å². The Bertz CT molecular complexity index is 972. The molecule has 4 saturated carbocycles. The van der Waals surface area contributed by atoms with Gasteiger partial charge >= 0.3 is 0 Å². The van der Waals surface area contributed by atoms with Crippen LogP contribution in [0, 0.1) is 17.8 Å². The Morgan fingerprint density at radius 3 is 1.90 bits per heavy atom. The van der Waals surface area contributed by atoms with Crippen molar-refractivity contribution in [3.05, 3.63) is 59.7 Å². The van der Waals surface area contributed by atoms with Gasteiger partial charge in [0.1, 0.15) is 11.5 Å². The fourth-order valence-electron chi connectivity index (χ4n) is 6.92. The number of hydrazine groups is 1. The van der Waals surface area contributed by atoms with Gasteiger partial charge in [-0.1, -0.05) is 36.4 Å². The van der Waals surface area contributed by atoms with Crippen LogP contribution in [0.4, 0.5) is 0 Å². The Hall–Kier alpha value is -2.60. The van der Waals surface area contributed by atoms with E-state index in [4.69, 9.17) is 17.0 Å². The average molecular weight is 434 g/mol. The molecule has 160 valence electrons. The molecule has 0 spiro atoms. The number of thiocarbonyl (C=S) groups is 1. The van der Waals surface area contributed by atoms with E-state index in [-0.39, 0.29) is 11.4 Å². The second-order valence-electron chi connectivity index (χ2n) is 9.88. The summed E-state index contributed by atoms with van der Waals surface area (Å²) < 4.78 is 6.00. The molecule has 2 aromatic rings. The third kappa shape index (κ3) is 3.37. The smallest absolute Gasteiger partial charge is 0.250 e. The first-order valence-electron chi connectivity index (χ1n) is 11.3. The summed E-state index contributed by atoms with van der Waals surface area (Å²) in [5, 5.41) is 4.12. The van der Waals surface area contributed by atoms with Crippen LogP contribution in [0.2, 0.25) is 0 Å². The lowest BCUT2D eigenvalue weighted by molar-refractivity contribution is -0.122. The fourth-order valence-corrected chi connectivity index (χ4v) is 7.19. The number of amides is 1. The number of para-hydroxylation sites is 2. The number of carbonyl (C=O) groups excluding carboxylic acids is 1. The molecule has 1 aliphatic heterocycles. The summed E-state index contributed by atoms with van der Waals surface area (Å²) in [5.41, 5.74) is 7.70. The van der Waals surface area contributed by atoms with Gasteiger partial charge in [0.2, 0.25) is 0 Å². The highest BCUT2D eigenvalue weighted by Crippen LogP contribution is 2.55. The molecular weight excluding hydrogens is 406 g/mol. The van der Waals surface area contributed by atoms with E-state index in [1.807, 2.05) is 48.5 Å². The van der Waals surface area contributed by atoms with E-state index >= 15 is 0 Å². The number of rotatable bonds is 2. The molecule has 4 bridgehead atoms. The van der Waals surface area contributed by atoms with Crippen LogP contribution in [-0.4, -0.2) is 16.6 Å². The third-order valence-electron chi connectivity index (χ3n) is 7.66. The maximum Gasteiger partial charge on any atom is 0.250 e. The van der Waals surface area contributed by atoms with Crippen LogP contribution in [0.3, 0.4) is 0 Å². The second-order valence-corrected chi connectivity index (χ2v) is 10.3. The van der Waals surface area contributed by atoms with E-state index in [9.17, 15) is 4.79 Å². The highest BCUT2D eigenvalue weighted by Gasteiger charge is 2.51. The van der Waals surface area contributed by atoms with Crippen molar-refractivity contribution in [1.82, 2.24) is 16.2 Å². The normalized spacial score (nSPS) is 30.0. The molecule has 5 aliphatic rings. The molecule has 0 saturated heterocycles. The second kappa shape index (κ2) is 7.23. The summed E-state index contributed by atoms with van der Waals surface area (Å²) in [6.45, 7) is 0. The molecule has 5 nitrogen and oxygen atoms in total. The van der Waals surface area contributed by atoms with E-state index < -0.39 is 5.92 Å². The number of nitrogens with one attached hydrogen (secondary N) is 3. The van der Waals surface area contributed by atoms with Crippen molar-refractivity contribution in [2.24, 2.45) is 17.8 Å². The van der Waals surface area contributed by atoms with E-state index in [0.717, 1.165) is 40.4 Å². The van der Waals surface area contributed by atoms with Crippen LogP contribution < -0.4 is 20.9 Å². The summed E-state index contributed by atoms with van der Waals surface area (Å²) >= 11 is 5.60. The average Bonchev–Trinajstić information content (AvgIpc) is 2.74. The molecule has 6 heteroatoms. The molecule has 1 heterocycles. The zero-order chi connectivity index (χ0) is 21.0. The van der Waals surface area contributed by atoms with Gasteiger partial charge in [0.05, 0.1) is 5.92 Å². The van der Waals surface area contributed by atoms with Crippen molar-refractivity contribution in [2.45, 2.75) is 50.0 Å². The zero-order valence-corrected chi connectivity index (χ0v) is 18.2. The molecule has 4 aliphatic carbocycles. The topological polar surface area (TPSA) is 62.4 Å². The quantitative estimate of drug-likeness (QED) is 0.484. The van der Waals surface area contributed by atoms with Crippen LogP contribution in [-0.2, 0) is 4.79 Å². The van der Waals surface area contributed by atoms with E-state index in [0.29, 0.717) is 5.11 Å². The van der Waals surface area contributed by atoms with Gasteiger partial charge in [-0.3, -0.25) is 15.6 Å². The monoisotopic (exact) mass is 433 g/mol. The molecule has 3 N–H and O–H groups in total. The van der Waals surface area contributed by atoms with Crippen molar-refractivity contribution < 1.29 is 9.53 Å². The SMILES string of the molecule is O=C(NNC(=S)NC12CC3CC(CC(C3)C1)C2)C1c2ccccc2Oc2ccccc21. The van der Waals surface area contributed by atoms with Crippen LogP contribution in [0.25, 0.3) is 0 Å². The Morgan fingerprint density at radius 2 is 1.35 bits per heavy atom. The molecule has 31 heavy (non-hydrogen) atoms. The van der Waals surface area contributed by atoms with Crippen molar-refractivity contribution in [1.29, 1.82) is 0 Å². The van der Waals surface area contributed by atoms with Crippen molar-refractivity contribution in [3.8, 4) is 11.5 Å². The Kier molecular flexibility index (Phi) is 4.46. The lowest BCUT2D eigenvalue weighted by Crippen LogP contribution is -2.62. The largest absolute Gasteiger partial charge is 0.457 e. The van der Waals surface area contributed by atoms with Crippen molar-refractivity contribution in [3.63, 3.8) is 0 Å². The lowest BCUT2D eigenvalue weighted by Gasteiger charge is -2.57. The number of carbonyl (C=O) groups is 1. The van der Waals surface area contributed by atoms with E-state index in [1.54, 1.807) is 0 Å². The molecule has 0 radical (unpaired) electrons. The predicted octanol–water partition coefficient (Wildman–Crippen LogP) is 4.39. The summed E-state index contributed by atoms with van der Waals surface area (Å²) in [4.78, 5) is 13.3. The lowest BCUT2D eigenvalue weighted by atomic mass is 9.53. The number of ether oxygens (including phenoxy) is 1. The predicted molar refractivity (Wildman–Crippen MR) is 123 cm³/mol. The summed E-state index contributed by atoms with van der Waals surface area (Å²) in [7, 11) is 0. The number of benzene rings is 2. The minimum absolute atomic E-state index is 0.113. The van der Waals surface area contributed by atoms with Gasteiger partial charge in [-0.15, -0.1) is 0 Å². The van der Waals surface area contributed by atoms with Crippen LogP contribution in [0.5, 0.6) is 11.5 Å².